The Morgan fingerprint density at radius 1 is 1.28 bits per heavy atom. The summed E-state index contributed by atoms with van der Waals surface area (Å²) in [5.41, 5.74) is 1.10. The molecular weight excluding hydrogens is 336 g/mol. The van der Waals surface area contributed by atoms with Crippen LogP contribution in [-0.2, 0) is 16.1 Å². The fourth-order valence-electron chi connectivity index (χ4n) is 2.61. The van der Waals surface area contributed by atoms with Crippen LogP contribution >= 0.6 is 11.3 Å². The average Bonchev–Trinajstić information content (AvgIpc) is 3.18. The Balaban J connectivity index is 1.68. The van der Waals surface area contributed by atoms with Crippen molar-refractivity contribution in [2.24, 2.45) is 0 Å². The minimum atomic E-state index is -0.426. The quantitative estimate of drug-likeness (QED) is 0.686. The first kappa shape index (κ1) is 17.4. The summed E-state index contributed by atoms with van der Waals surface area (Å²) in [5, 5.41) is 6.71. The largest absolute Gasteiger partial charge is 0.449 e. The fourth-order valence-corrected chi connectivity index (χ4v) is 3.41. The van der Waals surface area contributed by atoms with Gasteiger partial charge in [0.15, 0.2) is 0 Å². The first-order chi connectivity index (χ1) is 12.3. The topological polar surface area (TPSA) is 60.5 Å². The first-order valence-corrected chi connectivity index (χ1v) is 8.97. The molecule has 25 heavy (non-hydrogen) atoms. The van der Waals surface area contributed by atoms with E-state index in [0.29, 0.717) is 19.6 Å². The highest BCUT2D eigenvalue weighted by Crippen LogP contribution is 2.28. The maximum atomic E-state index is 11.2. The maximum absolute atomic E-state index is 11.2. The third-order valence-electron chi connectivity index (χ3n) is 3.89. The zero-order valence-corrected chi connectivity index (χ0v) is 14.8. The smallest absolute Gasteiger partial charge is 0.406 e. The van der Waals surface area contributed by atoms with Gasteiger partial charge in [-0.25, -0.2) is 4.79 Å². The van der Waals surface area contributed by atoms with Crippen molar-refractivity contribution < 1.29 is 14.3 Å². The highest BCUT2D eigenvalue weighted by atomic mass is 32.1. The second-order valence-electron chi connectivity index (χ2n) is 5.50. The number of pyridine rings is 1. The number of nitrogens with zero attached hydrogens (tertiary/aromatic N) is 1. The van der Waals surface area contributed by atoms with Crippen LogP contribution in [0.3, 0.4) is 0 Å². The highest BCUT2D eigenvalue weighted by molar-refractivity contribution is 7.10. The number of benzene rings is 1. The summed E-state index contributed by atoms with van der Waals surface area (Å²) in [6.45, 7) is 0.783. The van der Waals surface area contributed by atoms with Crippen LogP contribution in [0.1, 0.15) is 23.0 Å². The van der Waals surface area contributed by atoms with Crippen LogP contribution in [0.15, 0.2) is 54.2 Å². The molecule has 3 aromatic rings. The van der Waals surface area contributed by atoms with E-state index in [9.17, 15) is 4.79 Å². The third kappa shape index (κ3) is 4.55. The van der Waals surface area contributed by atoms with E-state index in [-0.39, 0.29) is 6.10 Å². The summed E-state index contributed by atoms with van der Waals surface area (Å²) in [7, 11) is 1.55. The molecule has 0 bridgehead atoms. The lowest BCUT2D eigenvalue weighted by atomic mass is 10.1. The second-order valence-corrected chi connectivity index (χ2v) is 6.48. The van der Waals surface area contributed by atoms with Crippen molar-refractivity contribution in [2.75, 3.05) is 13.7 Å². The van der Waals surface area contributed by atoms with Crippen molar-refractivity contribution in [3.63, 3.8) is 0 Å². The monoisotopic (exact) mass is 356 g/mol. The first-order valence-electron chi connectivity index (χ1n) is 8.09. The SMILES string of the molecule is CNC(=O)OCCC(OCc1cccc2ccncc12)c1cccs1. The predicted molar refractivity (Wildman–Crippen MR) is 98.6 cm³/mol. The summed E-state index contributed by atoms with van der Waals surface area (Å²) in [6.07, 6.45) is 3.72. The van der Waals surface area contributed by atoms with Gasteiger partial charge in [-0.1, -0.05) is 24.3 Å². The molecule has 1 unspecified atom stereocenters. The van der Waals surface area contributed by atoms with Gasteiger partial charge in [-0.15, -0.1) is 11.3 Å². The summed E-state index contributed by atoms with van der Waals surface area (Å²) in [6, 6.07) is 12.2. The third-order valence-corrected chi connectivity index (χ3v) is 4.86. The zero-order valence-electron chi connectivity index (χ0n) is 14.0. The lowest BCUT2D eigenvalue weighted by Crippen LogP contribution is -2.20. The molecule has 6 heteroatoms. The van der Waals surface area contributed by atoms with Crippen LogP contribution in [0.25, 0.3) is 10.8 Å². The van der Waals surface area contributed by atoms with Crippen LogP contribution in [0.2, 0.25) is 0 Å². The number of carbonyl (C=O) groups excluding carboxylic acids is 1. The lowest BCUT2D eigenvalue weighted by molar-refractivity contribution is 0.0226. The van der Waals surface area contributed by atoms with Crippen molar-refractivity contribution in [1.82, 2.24) is 10.3 Å². The van der Waals surface area contributed by atoms with E-state index in [2.05, 4.69) is 22.4 Å². The van der Waals surface area contributed by atoms with Gasteiger partial charge in [0.1, 0.15) is 0 Å². The molecule has 130 valence electrons. The second kappa shape index (κ2) is 8.60. The number of nitrogens with one attached hydrogen (secondary N) is 1. The van der Waals surface area contributed by atoms with Gasteiger partial charge in [-0.2, -0.15) is 0 Å². The van der Waals surface area contributed by atoms with E-state index in [1.165, 1.54) is 0 Å². The molecule has 2 heterocycles. The molecule has 5 nitrogen and oxygen atoms in total. The molecule has 2 aromatic heterocycles. The van der Waals surface area contributed by atoms with Crippen molar-refractivity contribution in [1.29, 1.82) is 0 Å². The molecule has 3 rings (SSSR count). The number of thiophene rings is 1. The summed E-state index contributed by atoms with van der Waals surface area (Å²) in [4.78, 5) is 16.6. The minimum absolute atomic E-state index is 0.114. The molecule has 1 aromatic carbocycles. The molecule has 0 aliphatic carbocycles. The van der Waals surface area contributed by atoms with Crippen molar-refractivity contribution in [2.45, 2.75) is 19.1 Å². The number of hydrogen-bond donors (Lipinski definition) is 1. The molecule has 0 spiro atoms. The standard InChI is InChI=1S/C19H20N2O3S/c1-20-19(22)23-10-8-17(18-6-3-11-25-18)24-13-15-5-2-4-14-7-9-21-12-16(14)15/h2-7,9,11-12,17H,8,10,13H2,1H3,(H,20,22). The Labute approximate surface area is 150 Å². The molecule has 0 aliphatic rings. The van der Waals surface area contributed by atoms with Gasteiger partial charge >= 0.3 is 6.09 Å². The van der Waals surface area contributed by atoms with Gasteiger partial charge in [-0.3, -0.25) is 4.98 Å². The van der Waals surface area contributed by atoms with E-state index < -0.39 is 6.09 Å². The number of rotatable bonds is 7. The summed E-state index contributed by atoms with van der Waals surface area (Å²) < 4.78 is 11.3. The van der Waals surface area contributed by atoms with Crippen LogP contribution in [0.4, 0.5) is 4.79 Å². The van der Waals surface area contributed by atoms with E-state index in [1.54, 1.807) is 24.6 Å². The van der Waals surface area contributed by atoms with Crippen molar-refractivity contribution in [3.05, 3.63) is 64.6 Å². The molecule has 0 saturated heterocycles. The average molecular weight is 356 g/mol. The van der Waals surface area contributed by atoms with Crippen molar-refractivity contribution in [3.8, 4) is 0 Å². The van der Waals surface area contributed by atoms with E-state index >= 15 is 0 Å². The van der Waals surface area contributed by atoms with E-state index in [1.807, 2.05) is 35.8 Å². The number of fused-ring (bicyclic) bond motifs is 1. The highest BCUT2D eigenvalue weighted by Gasteiger charge is 2.15. The minimum Gasteiger partial charge on any atom is -0.449 e. The number of aromatic nitrogens is 1. The maximum Gasteiger partial charge on any atom is 0.406 e. The fraction of sp³-hybridized carbons (Fsp3) is 0.263. The normalized spacial score (nSPS) is 12.0. The van der Waals surface area contributed by atoms with Crippen LogP contribution in [-0.4, -0.2) is 24.7 Å². The number of amides is 1. The Bertz CT molecular complexity index is 815. The van der Waals surface area contributed by atoms with Gasteiger partial charge in [0, 0.05) is 36.1 Å². The van der Waals surface area contributed by atoms with Gasteiger partial charge in [0.2, 0.25) is 0 Å². The molecule has 0 saturated carbocycles. The number of hydrogen-bond acceptors (Lipinski definition) is 5. The molecule has 0 aliphatic heterocycles. The van der Waals surface area contributed by atoms with Gasteiger partial charge in [-0.05, 0) is 28.5 Å². The number of alkyl carbamates (subject to hydrolysis) is 1. The van der Waals surface area contributed by atoms with Crippen molar-refractivity contribution >= 4 is 28.2 Å². The summed E-state index contributed by atoms with van der Waals surface area (Å²) >= 11 is 1.64. The Morgan fingerprint density at radius 3 is 3.00 bits per heavy atom. The van der Waals surface area contributed by atoms with Gasteiger partial charge in [0.25, 0.3) is 0 Å². The predicted octanol–water partition coefficient (Wildman–Crippen LogP) is 4.30. The molecule has 1 amide bonds. The van der Waals surface area contributed by atoms with E-state index in [0.717, 1.165) is 21.2 Å². The molecule has 1 N–H and O–H groups in total. The van der Waals surface area contributed by atoms with Crippen LogP contribution in [0, 0.1) is 0 Å². The molecule has 0 fully saturated rings. The lowest BCUT2D eigenvalue weighted by Gasteiger charge is -2.17. The van der Waals surface area contributed by atoms with Crippen LogP contribution in [0.5, 0.6) is 0 Å². The van der Waals surface area contributed by atoms with Crippen LogP contribution < -0.4 is 5.32 Å². The van der Waals surface area contributed by atoms with E-state index in [4.69, 9.17) is 9.47 Å². The number of carbonyl (C=O) groups is 1. The van der Waals surface area contributed by atoms with Gasteiger partial charge in [0.05, 0.1) is 19.3 Å². The van der Waals surface area contributed by atoms with Gasteiger partial charge < -0.3 is 14.8 Å². The Hall–Kier alpha value is -2.44. The molecular formula is C19H20N2O3S. The Kier molecular flexibility index (Phi) is 5.98. The number of ether oxygens (including phenoxy) is 2. The Morgan fingerprint density at radius 2 is 2.20 bits per heavy atom. The summed E-state index contributed by atoms with van der Waals surface area (Å²) in [5.74, 6) is 0. The molecule has 0 radical (unpaired) electrons. The molecule has 1 atom stereocenters. The zero-order chi connectivity index (χ0) is 17.5.